The quantitative estimate of drug-likeness (QED) is 0.758. The molecule has 128 valence electrons. The first kappa shape index (κ1) is 15.4. The molecule has 1 saturated carbocycles. The van der Waals surface area contributed by atoms with Gasteiger partial charge in [-0.1, -0.05) is 0 Å². The minimum Gasteiger partial charge on any atom is -0.481 e. The third kappa shape index (κ3) is 2.77. The first-order chi connectivity index (χ1) is 12.1. The van der Waals surface area contributed by atoms with Gasteiger partial charge in [0, 0.05) is 5.39 Å². The number of H-pyrrole nitrogens is 1. The number of carbonyl (C=O) groups excluding carboxylic acids is 1. The maximum absolute atomic E-state index is 13.5. The van der Waals surface area contributed by atoms with E-state index in [9.17, 15) is 13.6 Å². The highest BCUT2D eigenvalue weighted by Gasteiger charge is 2.43. The Kier molecular flexibility index (Phi) is 3.56. The standard InChI is InChI=1S/C16H13F2N5O2/c1-25-16-10(4-7(17)6-19-16)13-8-2-3-12(20-14(8)23-22-13)21-15(24)9-5-11(9)18/h2-4,6,9,11H,5H2,1H3,(H2,20,21,22,23,24)/t9-,11+/m1/s1. The highest BCUT2D eigenvalue weighted by molar-refractivity contribution is 5.97. The Bertz CT molecular complexity index is 974. The van der Waals surface area contributed by atoms with Crippen molar-refractivity contribution < 1.29 is 18.3 Å². The van der Waals surface area contributed by atoms with Crippen LogP contribution in [-0.4, -0.2) is 39.4 Å². The van der Waals surface area contributed by atoms with Crippen LogP contribution >= 0.6 is 0 Å². The molecule has 0 radical (unpaired) electrons. The van der Waals surface area contributed by atoms with Gasteiger partial charge >= 0.3 is 0 Å². The van der Waals surface area contributed by atoms with Gasteiger partial charge in [0.25, 0.3) is 0 Å². The number of carbonyl (C=O) groups is 1. The van der Waals surface area contributed by atoms with Crippen molar-refractivity contribution in [1.82, 2.24) is 20.2 Å². The van der Waals surface area contributed by atoms with E-state index in [1.807, 2.05) is 0 Å². The minimum atomic E-state index is -1.07. The lowest BCUT2D eigenvalue weighted by Gasteiger charge is -2.06. The van der Waals surface area contributed by atoms with E-state index in [-0.39, 0.29) is 18.1 Å². The first-order valence-corrected chi connectivity index (χ1v) is 7.57. The average Bonchev–Trinajstić information content (AvgIpc) is 3.19. The van der Waals surface area contributed by atoms with Crippen LogP contribution in [0.2, 0.25) is 0 Å². The van der Waals surface area contributed by atoms with Crippen molar-refractivity contribution in [3.8, 4) is 17.1 Å². The Labute approximate surface area is 140 Å². The van der Waals surface area contributed by atoms with Gasteiger partial charge in [-0.25, -0.2) is 18.7 Å². The summed E-state index contributed by atoms with van der Waals surface area (Å²) < 4.78 is 31.6. The van der Waals surface area contributed by atoms with Gasteiger partial charge in [0.2, 0.25) is 11.8 Å². The highest BCUT2D eigenvalue weighted by Crippen LogP contribution is 2.35. The Morgan fingerprint density at radius 1 is 1.44 bits per heavy atom. The number of nitrogens with zero attached hydrogens (tertiary/aromatic N) is 3. The van der Waals surface area contributed by atoms with Crippen LogP contribution < -0.4 is 10.1 Å². The number of methoxy groups -OCH3 is 1. The molecule has 3 aromatic heterocycles. The lowest BCUT2D eigenvalue weighted by Crippen LogP contribution is -2.15. The predicted molar refractivity (Wildman–Crippen MR) is 85.3 cm³/mol. The summed E-state index contributed by atoms with van der Waals surface area (Å²) >= 11 is 0. The van der Waals surface area contributed by atoms with Crippen LogP contribution in [0.5, 0.6) is 5.88 Å². The molecule has 4 rings (SSSR count). The number of aromatic amines is 1. The molecule has 3 aromatic rings. The fourth-order valence-corrected chi connectivity index (χ4v) is 2.59. The zero-order valence-electron chi connectivity index (χ0n) is 13.1. The number of aromatic nitrogens is 4. The average molecular weight is 345 g/mol. The van der Waals surface area contributed by atoms with Gasteiger partial charge in [-0.05, 0) is 24.6 Å². The molecule has 3 heterocycles. The molecule has 9 heteroatoms. The summed E-state index contributed by atoms with van der Waals surface area (Å²) in [6, 6.07) is 4.53. The third-order valence-electron chi connectivity index (χ3n) is 3.99. The van der Waals surface area contributed by atoms with Crippen LogP contribution in [-0.2, 0) is 4.79 Å². The maximum atomic E-state index is 13.5. The summed E-state index contributed by atoms with van der Waals surface area (Å²) in [6.07, 6.45) is 0.226. The molecule has 0 saturated heterocycles. The van der Waals surface area contributed by atoms with Crippen LogP contribution in [0.3, 0.4) is 0 Å². The predicted octanol–water partition coefficient (Wildman–Crippen LogP) is 2.46. The van der Waals surface area contributed by atoms with Gasteiger partial charge in [-0.15, -0.1) is 0 Å². The van der Waals surface area contributed by atoms with E-state index in [1.54, 1.807) is 12.1 Å². The molecule has 0 unspecified atom stereocenters. The van der Waals surface area contributed by atoms with E-state index in [2.05, 4.69) is 25.5 Å². The number of fused-ring (bicyclic) bond motifs is 1. The second-order valence-corrected chi connectivity index (χ2v) is 5.72. The van der Waals surface area contributed by atoms with E-state index in [0.717, 1.165) is 6.20 Å². The monoisotopic (exact) mass is 345 g/mol. The fraction of sp³-hybridized carbons (Fsp3) is 0.250. The number of ether oxygens (including phenoxy) is 1. The van der Waals surface area contributed by atoms with E-state index in [4.69, 9.17) is 4.74 Å². The molecule has 2 atom stereocenters. The smallest absolute Gasteiger partial charge is 0.231 e. The van der Waals surface area contributed by atoms with Gasteiger partial charge in [-0.2, -0.15) is 5.10 Å². The van der Waals surface area contributed by atoms with Gasteiger partial charge in [0.05, 0.1) is 24.8 Å². The van der Waals surface area contributed by atoms with Crippen molar-refractivity contribution in [2.24, 2.45) is 5.92 Å². The number of halogens is 2. The maximum Gasteiger partial charge on any atom is 0.231 e. The summed E-state index contributed by atoms with van der Waals surface area (Å²) in [4.78, 5) is 19.9. The molecule has 7 nitrogen and oxygen atoms in total. The first-order valence-electron chi connectivity index (χ1n) is 7.57. The highest BCUT2D eigenvalue weighted by atomic mass is 19.1. The van der Waals surface area contributed by atoms with Crippen LogP contribution in [0.15, 0.2) is 24.4 Å². The van der Waals surface area contributed by atoms with Crippen molar-refractivity contribution >= 4 is 22.8 Å². The van der Waals surface area contributed by atoms with Gasteiger partial charge < -0.3 is 10.1 Å². The zero-order chi connectivity index (χ0) is 17.6. The molecule has 1 amide bonds. The van der Waals surface area contributed by atoms with E-state index >= 15 is 0 Å². The van der Waals surface area contributed by atoms with Crippen LogP contribution in [0.1, 0.15) is 6.42 Å². The molecule has 2 N–H and O–H groups in total. The SMILES string of the molecule is COc1ncc(F)cc1-c1n[nH]c2nc(NC(=O)[C@@H]3C[C@@H]3F)ccc12. The molecular weight excluding hydrogens is 332 g/mol. The van der Waals surface area contributed by atoms with Gasteiger partial charge in [-0.3, -0.25) is 9.89 Å². The summed E-state index contributed by atoms with van der Waals surface area (Å²) in [5.74, 6) is -0.993. The summed E-state index contributed by atoms with van der Waals surface area (Å²) in [5.41, 5.74) is 1.20. The second-order valence-electron chi connectivity index (χ2n) is 5.72. The molecule has 0 aromatic carbocycles. The normalized spacial score (nSPS) is 19.0. The van der Waals surface area contributed by atoms with Crippen molar-refractivity contribution in [2.75, 3.05) is 12.4 Å². The number of hydrogen-bond acceptors (Lipinski definition) is 5. The Balaban J connectivity index is 1.69. The van der Waals surface area contributed by atoms with E-state index < -0.39 is 23.8 Å². The molecule has 25 heavy (non-hydrogen) atoms. The topological polar surface area (TPSA) is 92.8 Å². The number of alkyl halides is 1. The Morgan fingerprint density at radius 2 is 2.24 bits per heavy atom. The summed E-state index contributed by atoms with van der Waals surface area (Å²) in [6.45, 7) is 0. The minimum absolute atomic E-state index is 0.231. The lowest BCUT2D eigenvalue weighted by atomic mass is 10.1. The molecular formula is C16H13F2N5O2. The van der Waals surface area contributed by atoms with Crippen molar-refractivity contribution in [1.29, 1.82) is 0 Å². The van der Waals surface area contributed by atoms with E-state index in [0.29, 0.717) is 22.3 Å². The number of amides is 1. The molecule has 1 aliphatic rings. The molecule has 0 bridgehead atoms. The number of hydrogen-bond donors (Lipinski definition) is 2. The summed E-state index contributed by atoms with van der Waals surface area (Å²) in [5, 5.41) is 10.1. The van der Waals surface area contributed by atoms with Crippen LogP contribution in [0, 0.1) is 11.7 Å². The van der Waals surface area contributed by atoms with Crippen LogP contribution in [0.25, 0.3) is 22.3 Å². The Morgan fingerprint density at radius 3 is 2.96 bits per heavy atom. The molecule has 1 aliphatic carbocycles. The van der Waals surface area contributed by atoms with Crippen molar-refractivity contribution in [3.05, 3.63) is 30.2 Å². The van der Waals surface area contributed by atoms with E-state index in [1.165, 1.54) is 13.2 Å². The second kappa shape index (κ2) is 5.76. The van der Waals surface area contributed by atoms with Gasteiger partial charge in [0.1, 0.15) is 23.5 Å². The van der Waals surface area contributed by atoms with Crippen LogP contribution in [0.4, 0.5) is 14.6 Å². The third-order valence-corrected chi connectivity index (χ3v) is 3.99. The number of rotatable bonds is 4. The largest absolute Gasteiger partial charge is 0.481 e. The van der Waals surface area contributed by atoms with Crippen molar-refractivity contribution in [3.63, 3.8) is 0 Å². The van der Waals surface area contributed by atoms with Gasteiger partial charge in [0.15, 0.2) is 5.65 Å². The fourth-order valence-electron chi connectivity index (χ4n) is 2.59. The van der Waals surface area contributed by atoms with Crippen molar-refractivity contribution in [2.45, 2.75) is 12.6 Å². The Hall–Kier alpha value is -3.10. The number of nitrogens with one attached hydrogen (secondary N) is 2. The summed E-state index contributed by atoms with van der Waals surface area (Å²) in [7, 11) is 1.43. The molecule has 1 fully saturated rings. The molecule has 0 spiro atoms. The zero-order valence-corrected chi connectivity index (χ0v) is 13.1. The number of anilines is 1. The lowest BCUT2D eigenvalue weighted by molar-refractivity contribution is -0.117. The molecule has 0 aliphatic heterocycles. The number of pyridine rings is 2.